The normalized spacial score (nSPS) is 12.1. The molecule has 1 aromatic rings. The Morgan fingerprint density at radius 3 is 2.50 bits per heavy atom. The third-order valence-electron chi connectivity index (χ3n) is 1.60. The molecule has 1 aromatic heterocycles. The summed E-state index contributed by atoms with van der Waals surface area (Å²) in [6.45, 7) is 6.15. The van der Waals surface area contributed by atoms with Crippen LogP contribution in [0.3, 0.4) is 0 Å². The van der Waals surface area contributed by atoms with Gasteiger partial charge in [0.15, 0.2) is 0 Å². The van der Waals surface area contributed by atoms with Gasteiger partial charge in [0.1, 0.15) is 0 Å². The zero-order valence-corrected chi connectivity index (χ0v) is 9.09. The van der Waals surface area contributed by atoms with E-state index < -0.39 is 0 Å². The monoisotopic (exact) mass is 232 g/mol. The fourth-order valence-electron chi connectivity index (χ4n) is 1.07. The minimum absolute atomic E-state index is 0.0118. The Morgan fingerprint density at radius 2 is 2.17 bits per heavy atom. The molecule has 0 radical (unpaired) electrons. The number of aliphatic hydroxyl groups excluding tert-OH is 1. The predicted octanol–water partition coefficient (Wildman–Crippen LogP) is 1.89. The second-order valence-electron chi connectivity index (χ2n) is 3.68. The van der Waals surface area contributed by atoms with Crippen LogP contribution < -0.4 is 0 Å². The molecular formula is C8H13BrN2O. The van der Waals surface area contributed by atoms with E-state index in [2.05, 4.69) is 21.0 Å². The minimum Gasteiger partial charge on any atom is -0.390 e. The van der Waals surface area contributed by atoms with Crippen LogP contribution in [0.1, 0.15) is 26.5 Å². The molecule has 0 aliphatic rings. The number of nitrogens with zero attached hydrogens (tertiary/aromatic N) is 2. The van der Waals surface area contributed by atoms with E-state index in [9.17, 15) is 0 Å². The lowest BCUT2D eigenvalue weighted by Gasteiger charge is -2.21. The minimum atomic E-state index is -0.0793. The van der Waals surface area contributed by atoms with E-state index in [-0.39, 0.29) is 12.1 Å². The molecule has 4 heteroatoms. The van der Waals surface area contributed by atoms with Gasteiger partial charge in [0.05, 0.1) is 28.5 Å². The molecule has 0 atom stereocenters. The van der Waals surface area contributed by atoms with E-state index in [4.69, 9.17) is 5.11 Å². The maximum atomic E-state index is 9.06. The van der Waals surface area contributed by atoms with Crippen molar-refractivity contribution in [3.05, 3.63) is 16.4 Å². The van der Waals surface area contributed by atoms with Crippen LogP contribution in [-0.2, 0) is 12.1 Å². The van der Waals surface area contributed by atoms with Gasteiger partial charge < -0.3 is 5.11 Å². The summed E-state index contributed by atoms with van der Waals surface area (Å²) < 4.78 is 2.68. The summed E-state index contributed by atoms with van der Waals surface area (Å²) in [6, 6.07) is 0. The summed E-state index contributed by atoms with van der Waals surface area (Å²) in [7, 11) is 0. The summed E-state index contributed by atoms with van der Waals surface area (Å²) in [6.07, 6.45) is 1.71. The molecule has 1 N–H and O–H groups in total. The van der Waals surface area contributed by atoms with Gasteiger partial charge in [-0.15, -0.1) is 0 Å². The van der Waals surface area contributed by atoms with Crippen LogP contribution >= 0.6 is 15.9 Å². The Labute approximate surface area is 80.5 Å². The summed E-state index contributed by atoms with van der Waals surface area (Å²) in [5, 5.41) is 13.2. The Hall–Kier alpha value is -0.350. The molecule has 0 saturated carbocycles. The van der Waals surface area contributed by atoms with Gasteiger partial charge in [-0.25, -0.2) is 0 Å². The van der Waals surface area contributed by atoms with Crippen LogP contribution in [-0.4, -0.2) is 14.9 Å². The number of aromatic nitrogens is 2. The van der Waals surface area contributed by atoms with Gasteiger partial charge in [0.25, 0.3) is 0 Å². The average Bonchev–Trinajstić information content (AvgIpc) is 2.29. The molecule has 1 heterocycles. The van der Waals surface area contributed by atoms with E-state index >= 15 is 0 Å². The molecule has 0 fully saturated rings. The summed E-state index contributed by atoms with van der Waals surface area (Å²) in [5.41, 5.74) is 0.742. The highest BCUT2D eigenvalue weighted by Gasteiger charge is 2.18. The largest absolute Gasteiger partial charge is 0.390 e. The highest BCUT2D eigenvalue weighted by Crippen LogP contribution is 2.22. The first-order chi connectivity index (χ1) is 5.46. The maximum Gasteiger partial charge on any atom is 0.0861 e. The van der Waals surface area contributed by atoms with Gasteiger partial charge in [-0.2, -0.15) is 5.10 Å². The quantitative estimate of drug-likeness (QED) is 0.804. The predicted molar refractivity (Wildman–Crippen MR) is 50.8 cm³/mol. The Morgan fingerprint density at radius 1 is 1.58 bits per heavy atom. The first-order valence-corrected chi connectivity index (χ1v) is 4.60. The molecule has 0 unspecified atom stereocenters. The van der Waals surface area contributed by atoms with Crippen molar-refractivity contribution < 1.29 is 5.11 Å². The van der Waals surface area contributed by atoms with Crippen LogP contribution in [0, 0.1) is 0 Å². The van der Waals surface area contributed by atoms with Crippen molar-refractivity contribution in [1.82, 2.24) is 9.78 Å². The Balaban J connectivity index is 3.16. The number of halogens is 1. The van der Waals surface area contributed by atoms with Crippen molar-refractivity contribution in [3.8, 4) is 0 Å². The van der Waals surface area contributed by atoms with Gasteiger partial charge in [-0.05, 0) is 36.7 Å². The summed E-state index contributed by atoms with van der Waals surface area (Å²) in [5.74, 6) is 0. The molecule has 0 aliphatic carbocycles. The molecule has 1 rings (SSSR count). The first-order valence-electron chi connectivity index (χ1n) is 3.80. The molecular weight excluding hydrogens is 220 g/mol. The first kappa shape index (κ1) is 9.74. The lowest BCUT2D eigenvalue weighted by molar-refractivity contribution is 0.245. The van der Waals surface area contributed by atoms with E-state index in [1.807, 2.05) is 25.5 Å². The molecule has 0 amide bonds. The van der Waals surface area contributed by atoms with Crippen LogP contribution in [0.2, 0.25) is 0 Å². The number of hydrogen-bond acceptors (Lipinski definition) is 2. The van der Waals surface area contributed by atoms with E-state index in [1.54, 1.807) is 6.20 Å². The molecule has 0 bridgehead atoms. The SMILES string of the molecule is CC(C)(C)n1ncc(Br)c1CO. The van der Waals surface area contributed by atoms with Crippen molar-refractivity contribution in [3.63, 3.8) is 0 Å². The second kappa shape index (κ2) is 3.18. The smallest absolute Gasteiger partial charge is 0.0861 e. The fourth-order valence-corrected chi connectivity index (χ4v) is 1.46. The molecule has 0 saturated heterocycles. The number of hydrogen-bond donors (Lipinski definition) is 1. The molecule has 0 aromatic carbocycles. The third-order valence-corrected chi connectivity index (χ3v) is 2.27. The highest BCUT2D eigenvalue weighted by molar-refractivity contribution is 9.10. The van der Waals surface area contributed by atoms with Gasteiger partial charge in [-0.1, -0.05) is 0 Å². The molecule has 3 nitrogen and oxygen atoms in total. The number of rotatable bonds is 1. The average molecular weight is 233 g/mol. The zero-order valence-electron chi connectivity index (χ0n) is 7.50. The van der Waals surface area contributed by atoms with Crippen molar-refractivity contribution >= 4 is 15.9 Å². The van der Waals surface area contributed by atoms with Crippen molar-refractivity contribution in [2.75, 3.05) is 0 Å². The van der Waals surface area contributed by atoms with Crippen LogP contribution in [0.5, 0.6) is 0 Å². The van der Waals surface area contributed by atoms with Gasteiger partial charge in [0.2, 0.25) is 0 Å². The van der Waals surface area contributed by atoms with Gasteiger partial charge >= 0.3 is 0 Å². The molecule has 68 valence electrons. The standard InChI is InChI=1S/C8H13BrN2O/c1-8(2,3)11-7(5-12)6(9)4-10-11/h4,12H,5H2,1-3H3. The van der Waals surface area contributed by atoms with E-state index in [1.165, 1.54) is 0 Å². The zero-order chi connectivity index (χ0) is 9.35. The highest BCUT2D eigenvalue weighted by atomic mass is 79.9. The third kappa shape index (κ3) is 1.69. The van der Waals surface area contributed by atoms with Crippen molar-refractivity contribution in [2.24, 2.45) is 0 Å². The van der Waals surface area contributed by atoms with E-state index in [0.29, 0.717) is 0 Å². The summed E-state index contributed by atoms with van der Waals surface area (Å²) >= 11 is 3.33. The maximum absolute atomic E-state index is 9.06. The Bertz CT molecular complexity index is 275. The van der Waals surface area contributed by atoms with Gasteiger partial charge in [-0.3, -0.25) is 4.68 Å². The van der Waals surface area contributed by atoms with E-state index in [0.717, 1.165) is 10.2 Å². The van der Waals surface area contributed by atoms with Crippen LogP contribution in [0.4, 0.5) is 0 Å². The molecule has 12 heavy (non-hydrogen) atoms. The second-order valence-corrected chi connectivity index (χ2v) is 4.53. The summed E-state index contributed by atoms with van der Waals surface area (Å²) in [4.78, 5) is 0. The Kier molecular flexibility index (Phi) is 2.58. The molecule has 0 spiro atoms. The van der Waals surface area contributed by atoms with Crippen LogP contribution in [0.15, 0.2) is 10.7 Å². The lowest BCUT2D eigenvalue weighted by Crippen LogP contribution is -2.25. The molecule has 0 aliphatic heterocycles. The van der Waals surface area contributed by atoms with Crippen molar-refractivity contribution in [2.45, 2.75) is 32.9 Å². The topological polar surface area (TPSA) is 38.0 Å². The van der Waals surface area contributed by atoms with Crippen molar-refractivity contribution in [1.29, 1.82) is 0 Å². The lowest BCUT2D eigenvalue weighted by atomic mass is 10.1. The van der Waals surface area contributed by atoms with Crippen LogP contribution in [0.25, 0.3) is 0 Å². The van der Waals surface area contributed by atoms with Gasteiger partial charge in [0, 0.05) is 0 Å². The fraction of sp³-hybridized carbons (Fsp3) is 0.625. The number of aliphatic hydroxyl groups is 1.